The van der Waals surface area contributed by atoms with Crippen molar-refractivity contribution in [3.05, 3.63) is 10.3 Å². The first-order valence-electron chi connectivity index (χ1n) is 6.19. The Bertz CT molecular complexity index is 272. The first kappa shape index (κ1) is 18.5. The summed E-state index contributed by atoms with van der Waals surface area (Å²) in [5.74, 6) is 0.581. The molecule has 1 atom stereocenters. The smallest absolute Gasteiger partial charge is 0.320 e. The zero-order valence-electron chi connectivity index (χ0n) is 12.1. The number of hydrogen-bond donors (Lipinski definition) is 0. The summed E-state index contributed by atoms with van der Waals surface area (Å²) in [6, 6.07) is 0. The second kappa shape index (κ2) is 8.60. The highest BCUT2D eigenvalue weighted by Gasteiger charge is 2.29. The molecule has 0 bridgehead atoms. The molecule has 0 heterocycles. The molecule has 0 amide bonds. The lowest BCUT2D eigenvalue weighted by Crippen LogP contribution is -2.22. The number of nitrogens with zero attached hydrogens (tertiary/aromatic N) is 1. The molecule has 0 radical (unpaired) electrons. The van der Waals surface area contributed by atoms with E-state index in [0.29, 0.717) is 12.4 Å². The van der Waals surface area contributed by atoms with Crippen molar-refractivity contribution < 1.29 is 9.05 Å². The Labute approximate surface area is 122 Å². The van der Waals surface area contributed by atoms with Gasteiger partial charge in [-0.1, -0.05) is 57.8 Å². The van der Waals surface area contributed by atoms with E-state index in [4.69, 9.17) is 32.2 Å². The lowest BCUT2D eigenvalue weighted by molar-refractivity contribution is 0.217. The Kier molecular flexibility index (Phi) is 8.83. The van der Waals surface area contributed by atoms with Gasteiger partial charge in [0, 0.05) is 18.5 Å². The van der Waals surface area contributed by atoms with Gasteiger partial charge < -0.3 is 9.05 Å². The maximum absolute atomic E-state index is 5.95. The molecule has 18 heavy (non-hydrogen) atoms. The lowest BCUT2D eigenvalue weighted by atomic mass is 9.95. The van der Waals surface area contributed by atoms with E-state index in [1.54, 1.807) is 0 Å². The molecule has 0 saturated carbocycles. The van der Waals surface area contributed by atoms with Crippen molar-refractivity contribution >= 4 is 31.7 Å². The van der Waals surface area contributed by atoms with E-state index >= 15 is 0 Å². The fourth-order valence-electron chi connectivity index (χ4n) is 1.26. The molecule has 1 unspecified atom stereocenters. The molecule has 0 aromatic carbocycles. The van der Waals surface area contributed by atoms with Crippen LogP contribution in [0.25, 0.3) is 0 Å². The van der Waals surface area contributed by atoms with Crippen molar-refractivity contribution in [1.82, 2.24) is 4.67 Å². The van der Waals surface area contributed by atoms with E-state index in [-0.39, 0.29) is 9.91 Å². The highest BCUT2D eigenvalue weighted by atomic mass is 35.5. The molecule has 6 heteroatoms. The molecule has 0 spiro atoms. The Balaban J connectivity index is 5.01. The van der Waals surface area contributed by atoms with Gasteiger partial charge >= 0.3 is 8.53 Å². The van der Waals surface area contributed by atoms with Crippen LogP contribution in [0.2, 0.25) is 0 Å². The van der Waals surface area contributed by atoms with E-state index in [2.05, 4.69) is 18.5 Å². The minimum absolute atomic E-state index is 0.168. The predicted molar refractivity (Wildman–Crippen MR) is 80.7 cm³/mol. The molecule has 0 saturated heterocycles. The Morgan fingerprint density at radius 1 is 1.11 bits per heavy atom. The first-order valence-corrected chi connectivity index (χ1v) is 8.08. The van der Waals surface area contributed by atoms with Crippen LogP contribution in [-0.2, 0) is 9.05 Å². The summed E-state index contributed by atoms with van der Waals surface area (Å²) in [6.45, 7) is 14.4. The second-order valence-corrected chi connectivity index (χ2v) is 7.16. The number of allylic oxidation sites excluding steroid dienone is 1. The van der Waals surface area contributed by atoms with Gasteiger partial charge in [-0.05, 0) is 6.92 Å². The van der Waals surface area contributed by atoms with Gasteiger partial charge in [0.05, 0.1) is 6.61 Å². The minimum atomic E-state index is -1.15. The third kappa shape index (κ3) is 6.08. The Morgan fingerprint density at radius 2 is 1.61 bits per heavy atom. The maximum atomic E-state index is 5.95. The topological polar surface area (TPSA) is 21.7 Å². The van der Waals surface area contributed by atoms with Crippen LogP contribution in [0.15, 0.2) is 10.3 Å². The van der Waals surface area contributed by atoms with Crippen molar-refractivity contribution in [1.29, 1.82) is 0 Å². The highest BCUT2D eigenvalue weighted by molar-refractivity contribution is 7.44. The number of rotatable bonds is 7. The summed E-state index contributed by atoms with van der Waals surface area (Å²) in [4.78, 5) is 0. The zero-order chi connectivity index (χ0) is 14.3. The third-order valence-electron chi connectivity index (χ3n) is 2.22. The van der Waals surface area contributed by atoms with Crippen LogP contribution >= 0.6 is 31.7 Å². The Morgan fingerprint density at radius 3 is 1.89 bits per heavy atom. The van der Waals surface area contributed by atoms with Gasteiger partial charge in [0.15, 0.2) is 0 Å². The van der Waals surface area contributed by atoms with E-state index < -0.39 is 8.53 Å². The first-order chi connectivity index (χ1) is 8.27. The van der Waals surface area contributed by atoms with Gasteiger partial charge in [0.25, 0.3) is 0 Å². The standard InChI is InChI=1S/C12H24Cl2NO2P/c1-7-15(8-2)18(16-9-3)17-10(11(13)14)12(4,5)6/h7-9H2,1-6H3. The molecule has 0 aliphatic carbocycles. The number of hydrogen-bond acceptors (Lipinski definition) is 3. The summed E-state index contributed by atoms with van der Waals surface area (Å²) in [6.07, 6.45) is 0. The van der Waals surface area contributed by atoms with Gasteiger partial charge in [0.1, 0.15) is 10.3 Å². The van der Waals surface area contributed by atoms with Crippen LogP contribution in [0.5, 0.6) is 0 Å². The predicted octanol–water partition coefficient (Wildman–Crippen LogP) is 5.30. The normalized spacial score (nSPS) is 13.6. The largest absolute Gasteiger partial charge is 0.437 e. The third-order valence-corrected chi connectivity index (χ3v) is 4.41. The van der Waals surface area contributed by atoms with E-state index in [0.717, 1.165) is 13.1 Å². The average Bonchev–Trinajstić information content (AvgIpc) is 2.24. The van der Waals surface area contributed by atoms with Crippen molar-refractivity contribution in [3.63, 3.8) is 0 Å². The highest BCUT2D eigenvalue weighted by Crippen LogP contribution is 2.49. The minimum Gasteiger partial charge on any atom is -0.437 e. The molecule has 0 aliphatic rings. The van der Waals surface area contributed by atoms with Gasteiger partial charge in [0.2, 0.25) is 0 Å². The molecule has 0 aromatic heterocycles. The van der Waals surface area contributed by atoms with Crippen LogP contribution in [0.3, 0.4) is 0 Å². The molecule has 0 rings (SSSR count). The van der Waals surface area contributed by atoms with Gasteiger partial charge in [-0.15, -0.1) is 0 Å². The fourth-order valence-corrected chi connectivity index (χ4v) is 3.55. The fraction of sp³-hybridized carbons (Fsp3) is 0.833. The SMILES string of the molecule is CCOP(OC(=C(Cl)Cl)C(C)(C)C)N(CC)CC. The molecular weight excluding hydrogens is 292 g/mol. The lowest BCUT2D eigenvalue weighted by Gasteiger charge is -2.32. The summed E-state index contributed by atoms with van der Waals surface area (Å²) in [5.41, 5.74) is -0.246. The van der Waals surface area contributed by atoms with Crippen LogP contribution in [0.4, 0.5) is 0 Å². The van der Waals surface area contributed by atoms with E-state index in [1.165, 1.54) is 0 Å². The number of halogens is 2. The molecule has 108 valence electrons. The van der Waals surface area contributed by atoms with E-state index in [9.17, 15) is 0 Å². The van der Waals surface area contributed by atoms with E-state index in [1.807, 2.05) is 27.7 Å². The maximum Gasteiger partial charge on any atom is 0.320 e. The van der Waals surface area contributed by atoms with Crippen LogP contribution in [0.1, 0.15) is 41.5 Å². The van der Waals surface area contributed by atoms with Crippen LogP contribution in [-0.4, -0.2) is 24.4 Å². The zero-order valence-corrected chi connectivity index (χ0v) is 14.5. The summed E-state index contributed by atoms with van der Waals surface area (Å²) < 4.78 is 13.9. The van der Waals surface area contributed by atoms with Crippen molar-refractivity contribution in [3.8, 4) is 0 Å². The summed E-state index contributed by atoms with van der Waals surface area (Å²) >= 11 is 11.8. The quantitative estimate of drug-likeness (QED) is 0.470. The molecule has 0 fully saturated rings. The van der Waals surface area contributed by atoms with Crippen LogP contribution in [0, 0.1) is 5.41 Å². The monoisotopic (exact) mass is 315 g/mol. The molecule has 0 aliphatic heterocycles. The van der Waals surface area contributed by atoms with Crippen LogP contribution < -0.4 is 0 Å². The van der Waals surface area contributed by atoms with Gasteiger partial charge in [-0.25, -0.2) is 4.67 Å². The van der Waals surface area contributed by atoms with Gasteiger partial charge in [-0.3, -0.25) is 0 Å². The van der Waals surface area contributed by atoms with Crippen molar-refractivity contribution in [2.75, 3.05) is 19.7 Å². The van der Waals surface area contributed by atoms with Gasteiger partial charge in [-0.2, -0.15) is 0 Å². The second-order valence-electron chi connectivity index (χ2n) is 4.73. The molecular formula is C12H24Cl2NO2P. The molecule has 0 N–H and O–H groups in total. The average molecular weight is 316 g/mol. The molecule has 0 aromatic rings. The van der Waals surface area contributed by atoms with Crippen molar-refractivity contribution in [2.45, 2.75) is 41.5 Å². The Hall–Kier alpha value is 0.470. The van der Waals surface area contributed by atoms with Crippen molar-refractivity contribution in [2.24, 2.45) is 5.41 Å². The summed E-state index contributed by atoms with van der Waals surface area (Å²) in [5, 5.41) is 0. The summed E-state index contributed by atoms with van der Waals surface area (Å²) in [7, 11) is -1.15. The molecule has 3 nitrogen and oxygen atoms in total.